The van der Waals surface area contributed by atoms with Gasteiger partial charge in [0.15, 0.2) is 11.3 Å². The number of aryl methyl sites for hydroxylation is 6. The van der Waals surface area contributed by atoms with Crippen molar-refractivity contribution in [2.24, 2.45) is 0 Å². The van der Waals surface area contributed by atoms with Crippen LogP contribution in [0.5, 0.6) is 11.5 Å². The summed E-state index contributed by atoms with van der Waals surface area (Å²) in [6, 6.07) is 79.3. The van der Waals surface area contributed by atoms with E-state index in [4.69, 9.17) is 48.1 Å². The number of ether oxygens (including phenoxy) is 1. The summed E-state index contributed by atoms with van der Waals surface area (Å²) in [6.07, 6.45) is 9.44. The second-order valence-electron chi connectivity index (χ2n) is 35.8. The molecule has 129 heavy (non-hydrogen) atoms. The topological polar surface area (TPSA) is 221 Å². The minimum atomic E-state index is -3.88. The van der Waals surface area contributed by atoms with Gasteiger partial charge in [-0.3, -0.25) is 9.52 Å². The zero-order valence-electron chi connectivity index (χ0n) is 75.0. The number of carboxylic acid groups (broad SMARTS) is 2. The Bertz CT molecular complexity index is 6580. The molecule has 16 rings (SSSR count). The maximum absolute atomic E-state index is 13.9. The lowest BCUT2D eigenvalue weighted by molar-refractivity contribution is -0.130. The number of hydrogen-bond donors (Lipinski definition) is 3. The van der Waals surface area contributed by atoms with Gasteiger partial charge in [0.05, 0.1) is 68.9 Å². The van der Waals surface area contributed by atoms with Gasteiger partial charge in [-0.2, -0.15) is 22.9 Å². The normalized spacial score (nSPS) is 14.0. The molecule has 4 aromatic heterocycles. The number of carbonyl (C=O) groups is 3. The molecule has 2 saturated heterocycles. The smallest absolute Gasteiger partial charge is 0.336 e. The van der Waals surface area contributed by atoms with Gasteiger partial charge in [-0.05, 0) is 240 Å². The maximum atomic E-state index is 13.9. The van der Waals surface area contributed by atoms with Crippen LogP contribution in [-0.2, 0) is 51.5 Å². The Balaban J connectivity index is 0.000000198. The number of pyridine rings is 2. The van der Waals surface area contributed by atoms with E-state index in [1.54, 1.807) is 35.9 Å². The van der Waals surface area contributed by atoms with E-state index in [0.29, 0.717) is 126 Å². The fourth-order valence-corrected chi connectivity index (χ4v) is 18.6. The van der Waals surface area contributed by atoms with Crippen LogP contribution in [0, 0.1) is 41.5 Å². The first kappa shape index (κ1) is 90.8. The molecule has 1 amide bonds. The fourth-order valence-electron chi connectivity index (χ4n) is 17.2. The van der Waals surface area contributed by atoms with E-state index in [1.165, 1.54) is 26.7 Å². The largest absolute Gasteiger partial charge is 0.478 e. The summed E-state index contributed by atoms with van der Waals surface area (Å²) in [6.45, 7) is 29.6. The van der Waals surface area contributed by atoms with Gasteiger partial charge in [0.1, 0.15) is 11.5 Å². The van der Waals surface area contributed by atoms with Crippen LogP contribution in [0.3, 0.4) is 0 Å². The molecule has 14 aromatic rings. The number of rotatable bonds is 25. The molecule has 0 aliphatic carbocycles. The summed E-state index contributed by atoms with van der Waals surface area (Å²) >= 11 is 12.9. The number of carboxylic acids is 2. The van der Waals surface area contributed by atoms with Gasteiger partial charge in [0, 0.05) is 73.8 Å². The third kappa shape index (κ3) is 21.7. The second kappa shape index (κ2) is 38.9. The minimum Gasteiger partial charge on any atom is -0.478 e. The molecule has 0 bridgehead atoms. The SMILES string of the molecule is Cc1cc(Cc2ccc(C(Cc3cccc(CC(=O)N4CCN(c5ccc(C(C)(C)C)cc5)CC4)c3)n3nc(C)c4c(C(=O)O)cc(/C=C/c5ccccc5)nc43)cc2)cc(C)c1Cl.Cc1cc(Oc2ccc(C(Cc3cccc(NS(=O)(=O)N4CCN(c5ccc(C(C)(C)C)cc5)CC4)c3)n3nc(C)c4c(C(=O)O)cc(/C=C/c5ccccc5)nc43)cc2)cc(C)c1Cl. The van der Waals surface area contributed by atoms with Crippen molar-refractivity contribution in [2.75, 3.05) is 66.9 Å². The molecule has 2 aliphatic heterocycles. The van der Waals surface area contributed by atoms with Crippen LogP contribution < -0.4 is 19.3 Å². The van der Waals surface area contributed by atoms with Crippen molar-refractivity contribution in [3.8, 4) is 11.5 Å². The van der Waals surface area contributed by atoms with Gasteiger partial charge in [-0.1, -0.05) is 247 Å². The van der Waals surface area contributed by atoms with Gasteiger partial charge < -0.3 is 29.6 Å². The van der Waals surface area contributed by atoms with E-state index in [9.17, 15) is 33.0 Å². The van der Waals surface area contributed by atoms with Gasteiger partial charge in [-0.25, -0.2) is 28.9 Å². The molecule has 6 heterocycles. The molecule has 2 aliphatic rings. The van der Waals surface area contributed by atoms with E-state index in [0.717, 1.165) is 97.0 Å². The average Bonchev–Trinajstić information content (AvgIpc) is 1.61. The number of piperazine rings is 2. The van der Waals surface area contributed by atoms with Gasteiger partial charge in [-0.15, -0.1) is 0 Å². The minimum absolute atomic E-state index is 0.0499. The van der Waals surface area contributed by atoms with E-state index < -0.39 is 28.2 Å². The molecule has 0 spiro atoms. The van der Waals surface area contributed by atoms with E-state index in [1.807, 2.05) is 190 Å². The highest BCUT2D eigenvalue weighted by molar-refractivity contribution is 7.90. The van der Waals surface area contributed by atoms with E-state index in [2.05, 4.69) is 153 Å². The van der Waals surface area contributed by atoms with Crippen molar-refractivity contribution in [1.82, 2.24) is 38.7 Å². The summed E-state index contributed by atoms with van der Waals surface area (Å²) in [5, 5.41) is 33.4. The van der Waals surface area contributed by atoms with Crippen LogP contribution in [0.25, 0.3) is 46.4 Å². The molecule has 3 N–H and O–H groups in total. The number of benzene rings is 10. The van der Waals surface area contributed by atoms with Crippen LogP contribution in [0.4, 0.5) is 17.1 Å². The van der Waals surface area contributed by atoms with Crippen molar-refractivity contribution in [3.05, 3.63) is 370 Å². The van der Waals surface area contributed by atoms with Gasteiger partial charge in [0.25, 0.3) is 0 Å². The number of amides is 1. The Kier molecular flexibility index (Phi) is 27.4. The average molecular weight is 1780 g/mol. The summed E-state index contributed by atoms with van der Waals surface area (Å²) in [4.78, 5) is 56.1. The number of halogens is 2. The second-order valence-corrected chi connectivity index (χ2v) is 38.3. The number of carbonyl (C=O) groups excluding carboxylic acids is 1. The zero-order chi connectivity index (χ0) is 91.2. The van der Waals surface area contributed by atoms with Crippen LogP contribution in [0.15, 0.2) is 243 Å². The highest BCUT2D eigenvalue weighted by atomic mass is 35.5. The van der Waals surface area contributed by atoms with E-state index in [-0.39, 0.29) is 33.9 Å². The van der Waals surface area contributed by atoms with Crippen LogP contribution in [0.1, 0.15) is 181 Å². The van der Waals surface area contributed by atoms with Crippen molar-refractivity contribution in [2.45, 2.75) is 132 Å². The Hall–Kier alpha value is -13.0. The van der Waals surface area contributed by atoms with Crippen LogP contribution in [0.2, 0.25) is 10.0 Å². The quantitative estimate of drug-likeness (QED) is 0.0485. The first-order chi connectivity index (χ1) is 61.7. The summed E-state index contributed by atoms with van der Waals surface area (Å²) in [5.41, 5.74) is 21.6. The predicted molar refractivity (Wildman–Crippen MR) is 522 cm³/mol. The predicted octanol–water partition coefficient (Wildman–Crippen LogP) is 22.8. The molecule has 10 aromatic carbocycles. The number of aromatic nitrogens is 6. The number of fused-ring (bicyclic) bond motifs is 2. The molecule has 0 saturated carbocycles. The highest BCUT2D eigenvalue weighted by Crippen LogP contribution is 2.38. The Labute approximate surface area is 766 Å². The molecular weight excluding hydrogens is 1670 g/mol. The molecule has 19 nitrogen and oxygen atoms in total. The standard InChI is InChI=1S/C55H56ClN5O3.C52H53ClN6O5S/c1-36-29-43(30-37(2)52(36)56)31-40-15-18-44(19-16-40)49(61-53-51(38(3)58-61)48(54(63)64)35-46(57-53)22-17-39-11-8-7-9-12-39)33-41-13-10-14-42(32-41)34-50(62)60-27-25-59(26-28-60)47-23-20-45(21-24-47)55(4,5)6;1-34-29-45(30-35(2)49(34)53)64-44-23-16-39(17-24-44)47(59-50-48(36(3)55-59)46(51(60)61)33-41(54-50)20-15-37-11-8-7-9-12-37)32-38-13-10-14-42(31-38)56-65(62,63)58-27-25-57(26-28-58)43-21-18-40(19-22-43)52(4,5)6/h7-24,29-30,32,35,49H,25-28,31,33-34H2,1-6H3,(H,63,64);7-24,29-31,33,47,56H,25-28,32H2,1-6H3,(H,60,61)/b22-17+;20-15+. The van der Waals surface area contributed by atoms with Gasteiger partial charge in [0.2, 0.25) is 5.91 Å². The van der Waals surface area contributed by atoms with Crippen molar-refractivity contribution < 1.29 is 37.8 Å². The summed E-state index contributed by atoms with van der Waals surface area (Å²) in [5.74, 6) is -0.725. The molecule has 22 heteroatoms. The molecular formula is C107H109Cl2N11O8S. The molecule has 2 unspecified atom stereocenters. The summed E-state index contributed by atoms with van der Waals surface area (Å²) in [7, 11) is -3.88. The monoisotopic (exact) mass is 1780 g/mol. The number of nitrogens with one attached hydrogen (secondary N) is 1. The van der Waals surface area contributed by atoms with Crippen LogP contribution >= 0.6 is 23.2 Å². The zero-order valence-corrected chi connectivity index (χ0v) is 77.4. The van der Waals surface area contributed by atoms with Crippen molar-refractivity contribution in [1.29, 1.82) is 0 Å². The Morgan fingerprint density at radius 3 is 1.33 bits per heavy atom. The maximum Gasteiger partial charge on any atom is 0.336 e. The Morgan fingerprint density at radius 2 is 0.876 bits per heavy atom. The first-order valence-electron chi connectivity index (χ1n) is 43.8. The summed E-state index contributed by atoms with van der Waals surface area (Å²) < 4.78 is 42.0. The first-order valence-corrected chi connectivity index (χ1v) is 46.0. The van der Waals surface area contributed by atoms with Crippen LogP contribution in [-0.4, -0.2) is 128 Å². The molecule has 0 radical (unpaired) electrons. The third-order valence-corrected chi connectivity index (χ3v) is 27.0. The van der Waals surface area contributed by atoms with Crippen molar-refractivity contribution in [3.63, 3.8) is 0 Å². The van der Waals surface area contributed by atoms with Gasteiger partial charge >= 0.3 is 22.1 Å². The fraction of sp³-hybridized carbons (Fsp3) is 0.262. The lowest BCUT2D eigenvalue weighted by Crippen LogP contribution is -2.50. The third-order valence-electron chi connectivity index (χ3n) is 24.2. The number of aromatic carboxylic acids is 2. The van der Waals surface area contributed by atoms with E-state index >= 15 is 0 Å². The number of nitrogens with zero attached hydrogens (tertiary/aromatic N) is 10. The lowest BCUT2D eigenvalue weighted by atomic mass is 9.87. The number of hydrogen-bond acceptors (Lipinski definition) is 12. The molecule has 2 atom stereocenters. The number of anilines is 3. The lowest BCUT2D eigenvalue weighted by Gasteiger charge is -2.36. The molecule has 2 fully saturated rings. The van der Waals surface area contributed by atoms with Crippen molar-refractivity contribution >= 4 is 115 Å². The highest BCUT2D eigenvalue weighted by Gasteiger charge is 2.32. The molecule has 660 valence electrons. The Morgan fingerprint density at radius 1 is 0.450 bits per heavy atom.